The molecule has 0 spiro atoms. The number of hydrogen-bond acceptors (Lipinski definition) is 2. The third-order valence-electron chi connectivity index (χ3n) is 3.80. The van der Waals surface area contributed by atoms with E-state index in [2.05, 4.69) is 0 Å². The summed E-state index contributed by atoms with van der Waals surface area (Å²) in [6, 6.07) is 0. The van der Waals surface area contributed by atoms with Crippen LogP contribution in [-0.4, -0.2) is 12.4 Å². The lowest BCUT2D eigenvalue weighted by Crippen LogP contribution is -2.12. The summed E-state index contributed by atoms with van der Waals surface area (Å²) >= 11 is 0. The number of ether oxygens (including phenoxy) is 1. The van der Waals surface area contributed by atoms with E-state index in [0.29, 0.717) is 5.78 Å². The van der Waals surface area contributed by atoms with E-state index in [4.69, 9.17) is 4.74 Å². The van der Waals surface area contributed by atoms with Crippen LogP contribution in [0.15, 0.2) is 11.8 Å². The zero-order chi connectivity index (χ0) is 11.2. The number of Topliss-reactive ketones (excluding diaryl/α,β-unsaturated/α-hetero) is 1. The van der Waals surface area contributed by atoms with E-state index in [1.807, 2.05) is 0 Å². The normalized spacial score (nSPS) is 22.4. The standard InChI is InChI=1S/C14H22O2/c15-14(13-7-4-10-16-11-13)9-8-12-5-2-1-3-6-12/h11-12H,1-10H2. The van der Waals surface area contributed by atoms with Crippen LogP contribution in [0.25, 0.3) is 0 Å². The summed E-state index contributed by atoms with van der Waals surface area (Å²) < 4.78 is 5.21. The molecule has 0 amide bonds. The van der Waals surface area contributed by atoms with Crippen molar-refractivity contribution in [3.8, 4) is 0 Å². The molecule has 2 rings (SSSR count). The Labute approximate surface area is 98.1 Å². The fourth-order valence-corrected chi connectivity index (χ4v) is 2.74. The first kappa shape index (κ1) is 11.7. The Morgan fingerprint density at radius 1 is 1.25 bits per heavy atom. The summed E-state index contributed by atoms with van der Waals surface area (Å²) in [6.07, 6.45) is 12.2. The van der Waals surface area contributed by atoms with Gasteiger partial charge in [-0.05, 0) is 25.2 Å². The zero-order valence-electron chi connectivity index (χ0n) is 10.0. The molecule has 2 aliphatic rings. The van der Waals surface area contributed by atoms with E-state index in [-0.39, 0.29) is 0 Å². The van der Waals surface area contributed by atoms with Crippen molar-refractivity contribution in [3.63, 3.8) is 0 Å². The quantitative estimate of drug-likeness (QED) is 0.726. The first-order valence-corrected chi connectivity index (χ1v) is 6.70. The Bertz CT molecular complexity index is 262. The average molecular weight is 222 g/mol. The molecule has 0 atom stereocenters. The Balaban J connectivity index is 1.72. The molecule has 0 N–H and O–H groups in total. The average Bonchev–Trinajstić information content (AvgIpc) is 2.38. The molecule has 0 radical (unpaired) electrons. The molecule has 2 heteroatoms. The maximum absolute atomic E-state index is 11.9. The van der Waals surface area contributed by atoms with Crippen molar-refractivity contribution in [2.75, 3.05) is 6.61 Å². The maximum atomic E-state index is 11.9. The van der Waals surface area contributed by atoms with E-state index in [1.165, 1.54) is 32.1 Å². The molecule has 1 fully saturated rings. The third-order valence-corrected chi connectivity index (χ3v) is 3.80. The van der Waals surface area contributed by atoms with Gasteiger partial charge < -0.3 is 4.74 Å². The molecule has 0 aromatic heterocycles. The van der Waals surface area contributed by atoms with Crippen molar-refractivity contribution in [1.82, 2.24) is 0 Å². The highest BCUT2D eigenvalue weighted by Crippen LogP contribution is 2.28. The summed E-state index contributed by atoms with van der Waals surface area (Å²) in [5.74, 6) is 1.13. The van der Waals surface area contributed by atoms with E-state index < -0.39 is 0 Å². The molecule has 0 unspecified atom stereocenters. The van der Waals surface area contributed by atoms with Crippen molar-refractivity contribution >= 4 is 5.78 Å². The Morgan fingerprint density at radius 2 is 2.06 bits per heavy atom. The Kier molecular flexibility index (Phi) is 4.44. The van der Waals surface area contributed by atoms with Gasteiger partial charge in [0, 0.05) is 12.0 Å². The van der Waals surface area contributed by atoms with Crippen LogP contribution in [0.1, 0.15) is 57.8 Å². The van der Waals surface area contributed by atoms with Crippen molar-refractivity contribution in [3.05, 3.63) is 11.8 Å². The van der Waals surface area contributed by atoms with Crippen molar-refractivity contribution in [2.24, 2.45) is 5.92 Å². The minimum Gasteiger partial charge on any atom is -0.501 e. The molecule has 0 aromatic rings. The second-order valence-corrected chi connectivity index (χ2v) is 5.08. The van der Waals surface area contributed by atoms with Crippen LogP contribution in [0.2, 0.25) is 0 Å². The van der Waals surface area contributed by atoms with Gasteiger partial charge in [0.15, 0.2) is 5.78 Å². The number of hydrogen-bond donors (Lipinski definition) is 0. The van der Waals surface area contributed by atoms with Gasteiger partial charge >= 0.3 is 0 Å². The van der Waals surface area contributed by atoms with Gasteiger partial charge in [0.25, 0.3) is 0 Å². The van der Waals surface area contributed by atoms with Gasteiger partial charge in [-0.25, -0.2) is 0 Å². The molecule has 1 saturated carbocycles. The van der Waals surface area contributed by atoms with Crippen LogP contribution in [0.3, 0.4) is 0 Å². The van der Waals surface area contributed by atoms with E-state index in [0.717, 1.165) is 43.8 Å². The van der Waals surface area contributed by atoms with Crippen LogP contribution in [0, 0.1) is 5.92 Å². The van der Waals surface area contributed by atoms with Crippen molar-refractivity contribution in [2.45, 2.75) is 57.8 Å². The summed E-state index contributed by atoms with van der Waals surface area (Å²) in [5, 5.41) is 0. The van der Waals surface area contributed by atoms with Gasteiger partial charge in [0.2, 0.25) is 0 Å². The Morgan fingerprint density at radius 3 is 2.75 bits per heavy atom. The second kappa shape index (κ2) is 6.07. The molecule has 0 aromatic carbocycles. The third kappa shape index (κ3) is 3.36. The van der Waals surface area contributed by atoms with Crippen LogP contribution in [0.4, 0.5) is 0 Å². The van der Waals surface area contributed by atoms with Crippen molar-refractivity contribution < 1.29 is 9.53 Å². The van der Waals surface area contributed by atoms with Gasteiger partial charge in [-0.15, -0.1) is 0 Å². The largest absolute Gasteiger partial charge is 0.501 e. The van der Waals surface area contributed by atoms with Crippen LogP contribution >= 0.6 is 0 Å². The molecule has 1 aliphatic heterocycles. The number of allylic oxidation sites excluding steroid dienone is 1. The highest BCUT2D eigenvalue weighted by atomic mass is 16.5. The number of ketones is 1. The van der Waals surface area contributed by atoms with Gasteiger partial charge in [-0.2, -0.15) is 0 Å². The minimum absolute atomic E-state index is 0.324. The van der Waals surface area contributed by atoms with Gasteiger partial charge in [-0.1, -0.05) is 32.1 Å². The predicted octanol–water partition coefficient (Wildman–Crippen LogP) is 3.61. The molecule has 1 aliphatic carbocycles. The highest BCUT2D eigenvalue weighted by Gasteiger charge is 2.17. The van der Waals surface area contributed by atoms with Crippen molar-refractivity contribution in [1.29, 1.82) is 0 Å². The molecule has 90 valence electrons. The maximum Gasteiger partial charge on any atom is 0.161 e. The van der Waals surface area contributed by atoms with Crippen LogP contribution < -0.4 is 0 Å². The van der Waals surface area contributed by atoms with Crippen LogP contribution in [-0.2, 0) is 9.53 Å². The zero-order valence-corrected chi connectivity index (χ0v) is 10.0. The summed E-state index contributed by atoms with van der Waals surface area (Å²) in [5.41, 5.74) is 0.919. The fourth-order valence-electron chi connectivity index (χ4n) is 2.74. The lowest BCUT2D eigenvalue weighted by atomic mass is 9.85. The van der Waals surface area contributed by atoms with E-state index in [1.54, 1.807) is 6.26 Å². The summed E-state index contributed by atoms with van der Waals surface area (Å²) in [4.78, 5) is 11.9. The number of carbonyl (C=O) groups is 1. The Hall–Kier alpha value is -0.790. The van der Waals surface area contributed by atoms with Gasteiger partial charge in [0.1, 0.15) is 0 Å². The monoisotopic (exact) mass is 222 g/mol. The smallest absolute Gasteiger partial charge is 0.161 e. The summed E-state index contributed by atoms with van der Waals surface area (Å²) in [7, 11) is 0. The minimum atomic E-state index is 0.324. The lowest BCUT2D eigenvalue weighted by Gasteiger charge is -2.21. The topological polar surface area (TPSA) is 26.3 Å². The van der Waals surface area contributed by atoms with Gasteiger partial charge in [0.05, 0.1) is 12.9 Å². The van der Waals surface area contributed by atoms with E-state index >= 15 is 0 Å². The number of rotatable bonds is 4. The molecule has 2 nitrogen and oxygen atoms in total. The van der Waals surface area contributed by atoms with E-state index in [9.17, 15) is 4.79 Å². The molecule has 1 heterocycles. The van der Waals surface area contributed by atoms with Crippen LogP contribution in [0.5, 0.6) is 0 Å². The molecular weight excluding hydrogens is 200 g/mol. The summed E-state index contributed by atoms with van der Waals surface area (Å²) in [6.45, 7) is 0.777. The fraction of sp³-hybridized carbons (Fsp3) is 0.786. The van der Waals surface area contributed by atoms with Gasteiger partial charge in [-0.3, -0.25) is 4.79 Å². The molecule has 16 heavy (non-hydrogen) atoms. The molecule has 0 bridgehead atoms. The first-order chi connectivity index (χ1) is 7.86. The molecule has 0 saturated heterocycles. The SMILES string of the molecule is O=C(CCC1CCCCC1)C1=COCCC1. The predicted molar refractivity (Wildman–Crippen MR) is 64.1 cm³/mol. The molecular formula is C14H22O2. The second-order valence-electron chi connectivity index (χ2n) is 5.08. The number of carbonyl (C=O) groups excluding carboxylic acids is 1. The highest BCUT2D eigenvalue weighted by molar-refractivity contribution is 5.95. The lowest BCUT2D eigenvalue weighted by molar-refractivity contribution is -0.116. The first-order valence-electron chi connectivity index (χ1n) is 6.70.